The molecule has 130 valence electrons. The smallest absolute Gasteiger partial charge is 0.279 e. The second kappa shape index (κ2) is 8.14. The molecule has 2 aromatic rings. The molecule has 24 heavy (non-hydrogen) atoms. The minimum absolute atomic E-state index is 0.176. The van der Waals surface area contributed by atoms with E-state index >= 15 is 0 Å². The predicted octanol–water partition coefficient (Wildman–Crippen LogP) is 2.17. The van der Waals surface area contributed by atoms with Crippen molar-refractivity contribution in [3.8, 4) is 11.5 Å². The summed E-state index contributed by atoms with van der Waals surface area (Å²) in [7, 11) is 1.04. The van der Waals surface area contributed by atoms with E-state index in [4.69, 9.17) is 9.47 Å². The van der Waals surface area contributed by atoms with Crippen LogP contribution in [0.4, 0.5) is 0 Å². The van der Waals surface area contributed by atoms with Gasteiger partial charge < -0.3 is 9.47 Å². The average molecular weight is 350 g/mol. The van der Waals surface area contributed by atoms with E-state index in [2.05, 4.69) is 4.72 Å². The Morgan fingerprint density at radius 3 is 2.33 bits per heavy atom. The lowest BCUT2D eigenvalue weighted by atomic mass is 10.2. The molecule has 0 aliphatic rings. The first-order valence-electron chi connectivity index (χ1n) is 7.43. The maximum absolute atomic E-state index is 11.7. The predicted molar refractivity (Wildman–Crippen MR) is 93.2 cm³/mol. The Hall–Kier alpha value is -2.09. The van der Waals surface area contributed by atoms with Crippen LogP contribution in [0.25, 0.3) is 0 Å². The highest BCUT2D eigenvalue weighted by atomic mass is 32.2. The number of benzene rings is 2. The Kier molecular flexibility index (Phi) is 6.19. The lowest BCUT2D eigenvalue weighted by molar-refractivity contribution is 0.284. The van der Waals surface area contributed by atoms with Crippen molar-refractivity contribution in [2.24, 2.45) is 0 Å². The molecule has 0 atom stereocenters. The first kappa shape index (κ1) is 18.3. The van der Waals surface area contributed by atoms with E-state index in [0.717, 1.165) is 15.4 Å². The minimum Gasteiger partial charge on any atom is -0.493 e. The third-order valence-corrected chi connectivity index (χ3v) is 4.88. The fraction of sp³-hybridized carbons (Fsp3) is 0.294. The first-order chi connectivity index (χ1) is 11.4. The summed E-state index contributed by atoms with van der Waals surface area (Å²) in [6.07, 6.45) is 0. The molecule has 6 nitrogen and oxygen atoms in total. The van der Waals surface area contributed by atoms with Crippen LogP contribution < -0.4 is 14.2 Å². The first-order valence-corrected chi connectivity index (χ1v) is 8.87. The molecule has 0 bridgehead atoms. The molecular weight excluding hydrogens is 328 g/mol. The van der Waals surface area contributed by atoms with Gasteiger partial charge in [0, 0.05) is 20.6 Å². The normalized spacial score (nSPS) is 11.5. The molecule has 7 heteroatoms. The van der Waals surface area contributed by atoms with Gasteiger partial charge in [0.2, 0.25) is 0 Å². The molecule has 0 aromatic heterocycles. The summed E-state index contributed by atoms with van der Waals surface area (Å²) in [5, 5.41) is 0. The average Bonchev–Trinajstić information content (AvgIpc) is 2.59. The minimum atomic E-state index is -3.46. The molecule has 0 saturated heterocycles. The summed E-state index contributed by atoms with van der Waals surface area (Å²) in [4.78, 5) is 0. The van der Waals surface area contributed by atoms with Crippen molar-refractivity contribution < 1.29 is 17.9 Å². The molecule has 0 saturated carbocycles. The van der Waals surface area contributed by atoms with Gasteiger partial charge in [0.1, 0.15) is 6.61 Å². The standard InChI is InChI=1S/C17H22N2O4S/c1-19(2)24(20,21)18-12-15-9-10-16(17(11-15)22-3)23-13-14-7-5-4-6-8-14/h4-11,18H,12-13H2,1-3H3. The van der Waals surface area contributed by atoms with Gasteiger partial charge in [0.05, 0.1) is 7.11 Å². The fourth-order valence-electron chi connectivity index (χ4n) is 1.98. The van der Waals surface area contributed by atoms with Gasteiger partial charge in [-0.3, -0.25) is 0 Å². The highest BCUT2D eigenvalue weighted by Crippen LogP contribution is 2.28. The van der Waals surface area contributed by atoms with Gasteiger partial charge in [-0.05, 0) is 23.3 Å². The summed E-state index contributed by atoms with van der Waals surface area (Å²) in [5.41, 5.74) is 1.84. The number of rotatable bonds is 8. The van der Waals surface area contributed by atoms with Gasteiger partial charge in [-0.15, -0.1) is 0 Å². The lowest BCUT2D eigenvalue weighted by Gasteiger charge is -2.14. The fourth-order valence-corrected chi connectivity index (χ4v) is 2.59. The molecular formula is C17H22N2O4S. The van der Waals surface area contributed by atoms with Gasteiger partial charge in [-0.25, -0.2) is 0 Å². The second-order valence-corrected chi connectivity index (χ2v) is 7.34. The van der Waals surface area contributed by atoms with Crippen LogP contribution in [-0.2, 0) is 23.4 Å². The van der Waals surface area contributed by atoms with Crippen molar-refractivity contribution in [3.05, 3.63) is 59.7 Å². The van der Waals surface area contributed by atoms with Crippen molar-refractivity contribution >= 4 is 10.2 Å². The van der Waals surface area contributed by atoms with Crippen molar-refractivity contribution in [1.29, 1.82) is 0 Å². The molecule has 0 radical (unpaired) electrons. The Labute approximate surface area is 143 Å². The number of ether oxygens (including phenoxy) is 2. The van der Waals surface area contributed by atoms with Gasteiger partial charge >= 0.3 is 0 Å². The van der Waals surface area contributed by atoms with Crippen LogP contribution in [0.3, 0.4) is 0 Å². The van der Waals surface area contributed by atoms with Crippen LogP contribution in [0.5, 0.6) is 11.5 Å². The van der Waals surface area contributed by atoms with Crippen LogP contribution in [-0.4, -0.2) is 33.9 Å². The van der Waals surface area contributed by atoms with E-state index < -0.39 is 10.2 Å². The number of hydrogen-bond acceptors (Lipinski definition) is 4. The largest absolute Gasteiger partial charge is 0.493 e. The van der Waals surface area contributed by atoms with Crippen LogP contribution in [0.2, 0.25) is 0 Å². The molecule has 2 aromatic carbocycles. The molecule has 0 aliphatic heterocycles. The Morgan fingerprint density at radius 1 is 1.00 bits per heavy atom. The van der Waals surface area contributed by atoms with Crippen molar-refractivity contribution in [1.82, 2.24) is 9.03 Å². The molecule has 0 spiro atoms. The molecule has 0 heterocycles. The number of nitrogens with zero attached hydrogens (tertiary/aromatic N) is 1. The highest BCUT2D eigenvalue weighted by Gasteiger charge is 2.13. The summed E-state index contributed by atoms with van der Waals surface area (Å²) in [6.45, 7) is 0.611. The summed E-state index contributed by atoms with van der Waals surface area (Å²) < 4.78 is 38.2. The summed E-state index contributed by atoms with van der Waals surface area (Å²) in [6, 6.07) is 15.2. The van der Waals surface area contributed by atoms with Crippen LogP contribution >= 0.6 is 0 Å². The van der Waals surface area contributed by atoms with Gasteiger partial charge in [0.25, 0.3) is 10.2 Å². The van der Waals surface area contributed by atoms with E-state index in [1.807, 2.05) is 30.3 Å². The third-order valence-electron chi connectivity index (χ3n) is 3.40. The lowest BCUT2D eigenvalue weighted by Crippen LogP contribution is -2.35. The topological polar surface area (TPSA) is 67.9 Å². The van der Waals surface area contributed by atoms with Gasteiger partial charge in [-0.1, -0.05) is 36.4 Å². The molecule has 0 unspecified atom stereocenters. The third kappa shape index (κ3) is 4.95. The van der Waals surface area contributed by atoms with Crippen LogP contribution in [0.15, 0.2) is 48.5 Å². The maximum atomic E-state index is 11.7. The maximum Gasteiger partial charge on any atom is 0.279 e. The molecule has 0 aliphatic carbocycles. The SMILES string of the molecule is COc1cc(CNS(=O)(=O)N(C)C)ccc1OCc1ccccc1. The zero-order valence-corrected chi connectivity index (χ0v) is 14.8. The van der Waals surface area contributed by atoms with E-state index in [9.17, 15) is 8.42 Å². The van der Waals surface area contributed by atoms with E-state index in [1.54, 1.807) is 25.3 Å². The van der Waals surface area contributed by atoms with E-state index in [1.165, 1.54) is 14.1 Å². The second-order valence-electron chi connectivity index (χ2n) is 5.37. The molecule has 0 amide bonds. The summed E-state index contributed by atoms with van der Waals surface area (Å²) >= 11 is 0. The van der Waals surface area contributed by atoms with Crippen LogP contribution in [0, 0.1) is 0 Å². The quantitative estimate of drug-likeness (QED) is 0.792. The summed E-state index contributed by atoms with van der Waals surface area (Å²) in [5.74, 6) is 1.17. The van der Waals surface area contributed by atoms with Gasteiger partial charge in [-0.2, -0.15) is 17.4 Å². The number of methoxy groups -OCH3 is 1. The number of hydrogen-bond donors (Lipinski definition) is 1. The highest BCUT2D eigenvalue weighted by molar-refractivity contribution is 7.87. The van der Waals surface area contributed by atoms with Gasteiger partial charge in [0.15, 0.2) is 11.5 Å². The van der Waals surface area contributed by atoms with Crippen molar-refractivity contribution in [3.63, 3.8) is 0 Å². The Bertz CT molecular complexity index is 761. The van der Waals surface area contributed by atoms with Crippen molar-refractivity contribution in [2.75, 3.05) is 21.2 Å². The van der Waals surface area contributed by atoms with Crippen molar-refractivity contribution in [2.45, 2.75) is 13.2 Å². The molecule has 2 rings (SSSR count). The van der Waals surface area contributed by atoms with E-state index in [0.29, 0.717) is 18.1 Å². The Balaban J connectivity index is 2.04. The molecule has 0 fully saturated rings. The van der Waals surface area contributed by atoms with E-state index in [-0.39, 0.29) is 6.54 Å². The monoisotopic (exact) mass is 350 g/mol. The van der Waals surface area contributed by atoms with Crippen LogP contribution in [0.1, 0.15) is 11.1 Å². The molecule has 1 N–H and O–H groups in total. The number of nitrogens with one attached hydrogen (secondary N) is 1. The zero-order chi connectivity index (χ0) is 17.6. The zero-order valence-electron chi connectivity index (χ0n) is 14.0. The Morgan fingerprint density at radius 2 is 1.71 bits per heavy atom.